The van der Waals surface area contributed by atoms with E-state index in [1.54, 1.807) is 17.8 Å². The lowest BCUT2D eigenvalue weighted by molar-refractivity contribution is 0.503. The Labute approximate surface area is 209 Å². The average Bonchev–Trinajstić information content (AvgIpc) is 3.24. The number of fused-ring (bicyclic) bond motifs is 1. The van der Waals surface area contributed by atoms with E-state index >= 15 is 0 Å². The number of rotatable bonds is 7. The van der Waals surface area contributed by atoms with E-state index in [9.17, 15) is 9.59 Å². The highest BCUT2D eigenvalue weighted by atomic mass is 16.2. The first-order valence-electron chi connectivity index (χ1n) is 12.1. The van der Waals surface area contributed by atoms with Crippen molar-refractivity contribution < 1.29 is 0 Å². The summed E-state index contributed by atoms with van der Waals surface area (Å²) in [6.45, 7) is 5.17. The number of anilines is 2. The van der Waals surface area contributed by atoms with Gasteiger partial charge in [0.2, 0.25) is 0 Å². The molecule has 2 aromatic carbocycles. The van der Waals surface area contributed by atoms with E-state index in [1.165, 1.54) is 4.57 Å². The van der Waals surface area contributed by atoms with Crippen molar-refractivity contribution in [3.63, 3.8) is 0 Å². The Morgan fingerprint density at radius 1 is 0.917 bits per heavy atom. The van der Waals surface area contributed by atoms with Crippen LogP contribution in [0.25, 0.3) is 22.2 Å². The van der Waals surface area contributed by atoms with Crippen LogP contribution in [0.3, 0.4) is 0 Å². The second-order valence-electron chi connectivity index (χ2n) is 9.42. The first-order valence-corrected chi connectivity index (χ1v) is 12.1. The molecule has 0 bridgehead atoms. The number of aromatic nitrogens is 4. The maximum atomic E-state index is 13.2. The number of nitrogens with zero attached hydrogens (tertiary/aromatic N) is 4. The van der Waals surface area contributed by atoms with E-state index in [0.717, 1.165) is 28.3 Å². The van der Waals surface area contributed by atoms with Crippen LogP contribution >= 0.6 is 0 Å². The Kier molecular flexibility index (Phi) is 6.29. The molecule has 0 saturated heterocycles. The van der Waals surface area contributed by atoms with Gasteiger partial charge in [-0.2, -0.15) is 0 Å². The van der Waals surface area contributed by atoms with Gasteiger partial charge in [0, 0.05) is 43.8 Å². The van der Waals surface area contributed by atoms with Gasteiger partial charge >= 0.3 is 5.69 Å². The predicted molar refractivity (Wildman–Crippen MR) is 145 cm³/mol. The van der Waals surface area contributed by atoms with Gasteiger partial charge in [0.25, 0.3) is 5.56 Å². The van der Waals surface area contributed by atoms with Crippen LogP contribution in [0.5, 0.6) is 0 Å². The van der Waals surface area contributed by atoms with Crippen molar-refractivity contribution in [2.45, 2.75) is 26.9 Å². The highest BCUT2D eigenvalue weighted by molar-refractivity contribution is 5.91. The molecule has 3 aromatic heterocycles. The van der Waals surface area contributed by atoms with E-state index in [-0.39, 0.29) is 17.2 Å². The third kappa shape index (κ3) is 4.47. The van der Waals surface area contributed by atoms with E-state index in [1.807, 2.05) is 59.3 Å². The molecule has 0 fully saturated rings. The largest absolute Gasteiger partial charge is 0.340 e. The van der Waals surface area contributed by atoms with E-state index in [2.05, 4.69) is 48.4 Å². The summed E-state index contributed by atoms with van der Waals surface area (Å²) in [7, 11) is 1.54. The summed E-state index contributed by atoms with van der Waals surface area (Å²) in [5.41, 5.74) is 3.94. The molecular formula is C29H29N5O2. The molecule has 36 heavy (non-hydrogen) atoms. The van der Waals surface area contributed by atoms with Gasteiger partial charge < -0.3 is 9.88 Å². The normalized spacial score (nSPS) is 11.3. The molecule has 182 valence electrons. The van der Waals surface area contributed by atoms with Crippen molar-refractivity contribution in [3.05, 3.63) is 112 Å². The molecular weight excluding hydrogens is 450 g/mol. The number of para-hydroxylation sites is 1. The number of hydrogen-bond acceptors (Lipinski definition) is 4. The quantitative estimate of drug-likeness (QED) is 0.356. The lowest BCUT2D eigenvalue weighted by atomic mass is 10.1. The van der Waals surface area contributed by atoms with Crippen molar-refractivity contribution in [3.8, 4) is 11.3 Å². The van der Waals surface area contributed by atoms with Crippen LogP contribution in [0.4, 0.5) is 11.5 Å². The summed E-state index contributed by atoms with van der Waals surface area (Å²) in [6.07, 6.45) is 3.64. The number of hydrogen-bond donors (Lipinski definition) is 1. The first kappa shape index (κ1) is 23.4. The molecule has 0 aliphatic carbocycles. The summed E-state index contributed by atoms with van der Waals surface area (Å²) >= 11 is 0. The smallest absolute Gasteiger partial charge is 0.331 e. The van der Waals surface area contributed by atoms with Crippen molar-refractivity contribution in [1.82, 2.24) is 18.7 Å². The Hall–Kier alpha value is -4.39. The zero-order valence-electron chi connectivity index (χ0n) is 20.7. The van der Waals surface area contributed by atoms with Crippen molar-refractivity contribution >= 4 is 22.4 Å². The van der Waals surface area contributed by atoms with Gasteiger partial charge in [-0.3, -0.25) is 18.9 Å². The van der Waals surface area contributed by atoms with Gasteiger partial charge in [0.05, 0.1) is 11.1 Å². The predicted octanol–water partition coefficient (Wildman–Crippen LogP) is 5.01. The zero-order valence-corrected chi connectivity index (χ0v) is 20.7. The molecule has 7 nitrogen and oxygen atoms in total. The summed E-state index contributed by atoms with van der Waals surface area (Å²) in [4.78, 5) is 30.8. The Balaban J connectivity index is 1.64. The van der Waals surface area contributed by atoms with Gasteiger partial charge in [-0.15, -0.1) is 0 Å². The number of pyridine rings is 1. The van der Waals surface area contributed by atoms with Crippen molar-refractivity contribution in [2.75, 3.05) is 5.32 Å². The second-order valence-corrected chi connectivity index (χ2v) is 9.42. The van der Waals surface area contributed by atoms with Gasteiger partial charge in [-0.05, 0) is 35.7 Å². The fourth-order valence-electron chi connectivity index (χ4n) is 4.48. The lowest BCUT2D eigenvalue weighted by Crippen LogP contribution is -2.38. The fourth-order valence-corrected chi connectivity index (χ4v) is 4.48. The number of nitrogens with one attached hydrogen (secondary N) is 1. The molecule has 1 N–H and O–H groups in total. The van der Waals surface area contributed by atoms with Crippen LogP contribution in [-0.2, 0) is 20.1 Å². The molecule has 0 spiro atoms. The molecule has 0 aliphatic heterocycles. The molecule has 0 saturated carbocycles. The SMILES string of the molecule is CC(C)Cn1c(=O)n(C)c(=O)c2cn(Cc3ccc(-c4ccccn4)cc3)c(Nc3ccccc3)c21. The van der Waals surface area contributed by atoms with Crippen LogP contribution in [0, 0.1) is 5.92 Å². The highest BCUT2D eigenvalue weighted by Gasteiger charge is 2.20. The van der Waals surface area contributed by atoms with Crippen molar-refractivity contribution in [2.24, 2.45) is 13.0 Å². The molecule has 0 aliphatic rings. The Bertz CT molecular complexity index is 1610. The minimum absolute atomic E-state index is 0.232. The molecule has 0 unspecified atom stereocenters. The zero-order chi connectivity index (χ0) is 25.2. The standard InChI is InChI=1S/C29H29N5O2/c1-20(2)17-34-26-24(28(35)32(3)29(34)36)19-33(27(26)31-23-9-5-4-6-10-23)18-21-12-14-22(15-13-21)25-11-7-8-16-30-25/h4-16,19-20,31H,17-18H2,1-3H3. The third-order valence-corrected chi connectivity index (χ3v) is 6.23. The minimum Gasteiger partial charge on any atom is -0.340 e. The van der Waals surface area contributed by atoms with Crippen molar-refractivity contribution in [1.29, 1.82) is 0 Å². The van der Waals surface area contributed by atoms with Crippen LogP contribution < -0.4 is 16.6 Å². The summed E-state index contributed by atoms with van der Waals surface area (Å²) < 4.78 is 4.93. The van der Waals surface area contributed by atoms with Gasteiger partial charge in [0.15, 0.2) is 0 Å². The molecule has 5 rings (SSSR count). The molecule has 0 radical (unpaired) electrons. The minimum atomic E-state index is -0.310. The summed E-state index contributed by atoms with van der Waals surface area (Å²) in [6, 6.07) is 23.9. The Morgan fingerprint density at radius 2 is 1.64 bits per heavy atom. The van der Waals surface area contributed by atoms with Crippen LogP contribution in [0.15, 0.2) is 94.8 Å². The van der Waals surface area contributed by atoms with Gasteiger partial charge in [0.1, 0.15) is 11.3 Å². The molecule has 0 amide bonds. The molecule has 3 heterocycles. The summed E-state index contributed by atoms with van der Waals surface area (Å²) in [5, 5.41) is 4.00. The monoisotopic (exact) mass is 479 g/mol. The third-order valence-electron chi connectivity index (χ3n) is 6.23. The topological polar surface area (TPSA) is 73.8 Å². The molecule has 7 heteroatoms. The molecule has 5 aromatic rings. The maximum absolute atomic E-state index is 13.2. The van der Waals surface area contributed by atoms with E-state index in [0.29, 0.717) is 24.0 Å². The van der Waals surface area contributed by atoms with Gasteiger partial charge in [-0.25, -0.2) is 4.79 Å². The summed E-state index contributed by atoms with van der Waals surface area (Å²) in [5.74, 6) is 0.955. The Morgan fingerprint density at radius 3 is 2.31 bits per heavy atom. The highest BCUT2D eigenvalue weighted by Crippen LogP contribution is 2.28. The van der Waals surface area contributed by atoms with Gasteiger partial charge in [-0.1, -0.05) is 62.4 Å². The van der Waals surface area contributed by atoms with E-state index in [4.69, 9.17) is 0 Å². The van der Waals surface area contributed by atoms with Crippen LogP contribution in [0.2, 0.25) is 0 Å². The average molecular weight is 480 g/mol. The fraction of sp³-hybridized carbons (Fsp3) is 0.207. The first-order chi connectivity index (χ1) is 17.4. The van der Waals surface area contributed by atoms with E-state index < -0.39 is 0 Å². The molecule has 0 atom stereocenters. The number of benzene rings is 2. The second kappa shape index (κ2) is 9.70. The van der Waals surface area contributed by atoms with Crippen LogP contribution in [0.1, 0.15) is 19.4 Å². The lowest BCUT2D eigenvalue weighted by Gasteiger charge is -2.16. The maximum Gasteiger partial charge on any atom is 0.331 e. The van der Waals surface area contributed by atoms with Crippen LogP contribution in [-0.4, -0.2) is 18.7 Å².